The van der Waals surface area contributed by atoms with Gasteiger partial charge in [-0.2, -0.15) is 17.6 Å². The molecule has 0 spiro atoms. The Bertz CT molecular complexity index is 447. The number of rotatable bonds is 4. The first-order valence-corrected chi connectivity index (χ1v) is 5.38. The molecule has 1 aromatic heterocycles. The highest BCUT2D eigenvalue weighted by molar-refractivity contribution is 6.31. The number of pyridine rings is 1. The summed E-state index contributed by atoms with van der Waals surface area (Å²) in [7, 11) is 0. The molecule has 0 saturated heterocycles. The number of hydrogen-bond donors (Lipinski definition) is 1. The molecule has 0 unspecified atom stereocenters. The van der Waals surface area contributed by atoms with Crippen LogP contribution in [0.5, 0.6) is 0 Å². The Morgan fingerprint density at radius 1 is 1.53 bits per heavy atom. The van der Waals surface area contributed by atoms with E-state index in [4.69, 9.17) is 17.3 Å². The van der Waals surface area contributed by atoms with Gasteiger partial charge in [-0.25, -0.2) is 9.78 Å². The number of carbonyl (C=O) groups excluding carboxylic acids is 1. The number of aromatic nitrogens is 1. The molecule has 0 fully saturated rings. The third-order valence-corrected chi connectivity index (χ3v) is 2.43. The fourth-order valence-corrected chi connectivity index (χ4v) is 1.42. The predicted octanol–water partition coefficient (Wildman–Crippen LogP) is 1.85. The number of nitrogens with zero attached hydrogens (tertiary/aromatic N) is 1. The molecule has 0 saturated carbocycles. The molecule has 1 rings (SSSR count). The van der Waals surface area contributed by atoms with Gasteiger partial charge < -0.3 is 10.5 Å². The molecule has 106 valence electrons. The van der Waals surface area contributed by atoms with Crippen molar-refractivity contribution in [3.63, 3.8) is 0 Å². The Labute approximate surface area is 110 Å². The summed E-state index contributed by atoms with van der Waals surface area (Å²) in [6.07, 6.45) is -4.16. The Morgan fingerprint density at radius 3 is 2.68 bits per heavy atom. The molecule has 0 radical (unpaired) electrons. The van der Waals surface area contributed by atoms with Gasteiger partial charge in [0.25, 0.3) is 0 Å². The average Bonchev–Trinajstić information content (AvgIpc) is 2.29. The van der Waals surface area contributed by atoms with Gasteiger partial charge in [0.2, 0.25) is 5.95 Å². The lowest BCUT2D eigenvalue weighted by molar-refractivity contribution is -0.200. The first-order chi connectivity index (χ1) is 8.71. The molecule has 0 aliphatic heterocycles. The van der Waals surface area contributed by atoms with E-state index in [1.165, 1.54) is 6.07 Å². The van der Waals surface area contributed by atoms with Crippen molar-refractivity contribution in [2.45, 2.75) is 18.6 Å². The average molecular weight is 301 g/mol. The number of carbonyl (C=O) groups is 1. The summed E-state index contributed by atoms with van der Waals surface area (Å²) in [6.45, 7) is -0.705. The van der Waals surface area contributed by atoms with Crippen molar-refractivity contribution in [2.75, 3.05) is 6.61 Å². The van der Waals surface area contributed by atoms with Crippen molar-refractivity contribution in [2.24, 2.45) is 5.73 Å². The molecule has 0 bridgehead atoms. The largest absolute Gasteiger partial charge is 0.490 e. The maximum atomic E-state index is 13.3. The molecule has 1 atom stereocenters. The molecular formula is C10H9ClF4N2O2. The SMILES string of the molecule is N[C@@H](COC(=O)C(F)(F)F)Cc1c(Cl)ccnc1F. The minimum absolute atomic E-state index is 0.0419. The van der Waals surface area contributed by atoms with Gasteiger partial charge in [-0.05, 0) is 12.5 Å². The van der Waals surface area contributed by atoms with Crippen LogP contribution in [0.25, 0.3) is 0 Å². The summed E-state index contributed by atoms with van der Waals surface area (Å²) in [4.78, 5) is 13.8. The van der Waals surface area contributed by atoms with Crippen LogP contribution in [0.15, 0.2) is 12.3 Å². The van der Waals surface area contributed by atoms with Gasteiger partial charge in [-0.3, -0.25) is 0 Å². The Balaban J connectivity index is 2.57. The first kappa shape index (κ1) is 15.6. The van der Waals surface area contributed by atoms with Gasteiger partial charge in [-0.15, -0.1) is 0 Å². The molecule has 0 amide bonds. The van der Waals surface area contributed by atoms with E-state index < -0.39 is 30.7 Å². The van der Waals surface area contributed by atoms with Crippen LogP contribution in [0.2, 0.25) is 5.02 Å². The second-order valence-electron chi connectivity index (χ2n) is 3.62. The van der Waals surface area contributed by atoms with Crippen LogP contribution >= 0.6 is 11.6 Å². The Hall–Kier alpha value is -1.41. The molecule has 1 heterocycles. The van der Waals surface area contributed by atoms with Crippen LogP contribution in [0.4, 0.5) is 17.6 Å². The summed E-state index contributed by atoms with van der Waals surface area (Å²) in [5.74, 6) is -3.22. The molecule has 0 aliphatic rings. The number of nitrogens with two attached hydrogens (primary N) is 1. The van der Waals surface area contributed by atoms with E-state index in [1.807, 2.05) is 0 Å². The van der Waals surface area contributed by atoms with E-state index in [2.05, 4.69) is 9.72 Å². The van der Waals surface area contributed by atoms with Gasteiger partial charge in [-0.1, -0.05) is 11.6 Å². The monoisotopic (exact) mass is 300 g/mol. The smallest absolute Gasteiger partial charge is 0.457 e. The molecule has 4 nitrogen and oxygen atoms in total. The third kappa shape index (κ3) is 4.64. The van der Waals surface area contributed by atoms with Gasteiger partial charge in [0, 0.05) is 22.8 Å². The number of hydrogen-bond acceptors (Lipinski definition) is 4. The molecule has 9 heteroatoms. The van der Waals surface area contributed by atoms with Gasteiger partial charge in [0.05, 0.1) is 0 Å². The maximum Gasteiger partial charge on any atom is 0.490 e. The van der Waals surface area contributed by atoms with Gasteiger partial charge in [0.1, 0.15) is 6.61 Å². The zero-order valence-corrected chi connectivity index (χ0v) is 10.1. The minimum atomic E-state index is -5.09. The lowest BCUT2D eigenvalue weighted by Crippen LogP contribution is -2.34. The lowest BCUT2D eigenvalue weighted by Gasteiger charge is -2.14. The zero-order chi connectivity index (χ0) is 14.6. The molecule has 1 aromatic rings. The number of esters is 1. The van der Waals surface area contributed by atoms with Crippen molar-refractivity contribution < 1.29 is 27.1 Å². The van der Waals surface area contributed by atoms with Crippen LogP contribution in [0.3, 0.4) is 0 Å². The summed E-state index contributed by atoms with van der Waals surface area (Å²) >= 11 is 5.69. The molecule has 2 N–H and O–H groups in total. The Kier molecular flexibility index (Phi) is 5.07. The first-order valence-electron chi connectivity index (χ1n) is 5.00. The van der Waals surface area contributed by atoms with Crippen molar-refractivity contribution in [3.05, 3.63) is 28.8 Å². The standard InChI is InChI=1S/C10H9ClF4N2O2/c11-7-1-2-17-8(12)6(7)3-5(16)4-19-9(18)10(13,14)15/h1-2,5H,3-4,16H2/t5-/m1/s1. The van der Waals surface area contributed by atoms with Gasteiger partial charge >= 0.3 is 12.1 Å². The number of halogens is 5. The second kappa shape index (κ2) is 6.16. The van der Waals surface area contributed by atoms with Crippen molar-refractivity contribution >= 4 is 17.6 Å². The fourth-order valence-electron chi connectivity index (χ4n) is 1.21. The van der Waals surface area contributed by atoms with E-state index in [-0.39, 0.29) is 17.0 Å². The minimum Gasteiger partial charge on any atom is -0.457 e. The zero-order valence-electron chi connectivity index (χ0n) is 9.38. The van der Waals surface area contributed by atoms with Crippen LogP contribution in [0.1, 0.15) is 5.56 Å². The predicted molar refractivity (Wildman–Crippen MR) is 57.9 cm³/mol. The van der Waals surface area contributed by atoms with Crippen LogP contribution in [-0.4, -0.2) is 29.8 Å². The normalized spacial score (nSPS) is 13.2. The molecule has 19 heavy (non-hydrogen) atoms. The van der Waals surface area contributed by atoms with Crippen molar-refractivity contribution in [1.82, 2.24) is 4.98 Å². The van der Waals surface area contributed by atoms with E-state index in [1.54, 1.807) is 0 Å². The van der Waals surface area contributed by atoms with Crippen molar-refractivity contribution in [3.8, 4) is 0 Å². The van der Waals surface area contributed by atoms with Crippen LogP contribution < -0.4 is 5.73 Å². The van der Waals surface area contributed by atoms with Crippen molar-refractivity contribution in [1.29, 1.82) is 0 Å². The van der Waals surface area contributed by atoms with E-state index in [0.29, 0.717) is 0 Å². The molecular weight excluding hydrogens is 292 g/mol. The van der Waals surface area contributed by atoms with E-state index >= 15 is 0 Å². The molecule has 0 aromatic carbocycles. The summed E-state index contributed by atoms with van der Waals surface area (Å²) < 4.78 is 52.8. The summed E-state index contributed by atoms with van der Waals surface area (Å²) in [6, 6.07) is 0.288. The quantitative estimate of drug-likeness (QED) is 0.523. The topological polar surface area (TPSA) is 65.2 Å². The highest BCUT2D eigenvalue weighted by atomic mass is 35.5. The fraction of sp³-hybridized carbons (Fsp3) is 0.400. The maximum absolute atomic E-state index is 13.3. The third-order valence-electron chi connectivity index (χ3n) is 2.07. The van der Waals surface area contributed by atoms with Crippen LogP contribution in [-0.2, 0) is 16.0 Å². The number of alkyl halides is 3. The van der Waals surface area contributed by atoms with E-state index in [9.17, 15) is 22.4 Å². The highest BCUT2D eigenvalue weighted by Crippen LogP contribution is 2.19. The van der Waals surface area contributed by atoms with Crippen LogP contribution in [0, 0.1) is 5.95 Å². The highest BCUT2D eigenvalue weighted by Gasteiger charge is 2.41. The Morgan fingerprint density at radius 2 is 2.16 bits per heavy atom. The number of ether oxygens (including phenoxy) is 1. The molecule has 0 aliphatic carbocycles. The second-order valence-corrected chi connectivity index (χ2v) is 4.03. The van der Waals surface area contributed by atoms with E-state index in [0.717, 1.165) is 6.20 Å². The summed E-state index contributed by atoms with van der Waals surface area (Å²) in [5, 5.41) is 0.0464. The van der Waals surface area contributed by atoms with Gasteiger partial charge in [0.15, 0.2) is 0 Å². The lowest BCUT2D eigenvalue weighted by atomic mass is 10.1. The summed E-state index contributed by atoms with van der Waals surface area (Å²) in [5.41, 5.74) is 5.40.